The van der Waals surface area contributed by atoms with E-state index in [-0.39, 0.29) is 70.4 Å². The number of halogens is 6. The van der Waals surface area contributed by atoms with Gasteiger partial charge in [0.25, 0.3) is 5.56 Å². The Morgan fingerprint density at radius 3 is 2.30 bits per heavy atom. The predicted molar refractivity (Wildman–Crippen MR) is 162 cm³/mol. The van der Waals surface area contributed by atoms with Crippen molar-refractivity contribution in [3.05, 3.63) is 56.7 Å². The number of benzene rings is 1. The second-order valence-electron chi connectivity index (χ2n) is 10.5. The number of likely N-dealkylation sites (N-methyl/N-ethyl adjacent to an activating group) is 1. The van der Waals surface area contributed by atoms with Gasteiger partial charge in [-0.3, -0.25) is 19.1 Å². The van der Waals surface area contributed by atoms with Crippen LogP contribution < -0.4 is 21.1 Å². The van der Waals surface area contributed by atoms with Crippen LogP contribution in [-0.2, 0) is 11.0 Å². The number of carbonyl (C=O) groups excluding carboxylic acids is 1. The van der Waals surface area contributed by atoms with Crippen molar-refractivity contribution in [1.29, 1.82) is 0 Å². The first kappa shape index (κ1) is 31.8. The SMILES string of the molecule is C=CC(=O)N1CCN(c2nc(N3CC(N(CC)CC)C3)nc3c(=O)n(-c4c(N)c(Cl)cc(Cl)c4F)c(C(F)(F)F)cc23)CC1. The summed E-state index contributed by atoms with van der Waals surface area (Å²) in [6.45, 7) is 11.3. The van der Waals surface area contributed by atoms with Gasteiger partial charge in [0.1, 0.15) is 22.7 Å². The third kappa shape index (κ3) is 5.54. The molecule has 0 unspecified atom stereocenters. The Labute approximate surface area is 260 Å². The highest BCUT2D eigenvalue weighted by Crippen LogP contribution is 2.39. The Morgan fingerprint density at radius 1 is 1.09 bits per heavy atom. The molecular formula is C28H30Cl2F4N8O2. The number of pyridine rings is 1. The van der Waals surface area contributed by atoms with Crippen LogP contribution in [-0.4, -0.2) is 88.6 Å². The molecule has 2 aliphatic heterocycles. The number of alkyl halides is 3. The van der Waals surface area contributed by atoms with Crippen molar-refractivity contribution in [3.63, 3.8) is 0 Å². The van der Waals surface area contributed by atoms with Gasteiger partial charge in [-0.2, -0.15) is 18.2 Å². The summed E-state index contributed by atoms with van der Waals surface area (Å²) < 4.78 is 59.3. The quantitative estimate of drug-likeness (QED) is 0.175. The molecule has 2 fully saturated rings. The molecule has 2 N–H and O–H groups in total. The van der Waals surface area contributed by atoms with Crippen molar-refractivity contribution >= 4 is 57.5 Å². The third-order valence-corrected chi connectivity index (χ3v) is 8.67. The Kier molecular flexibility index (Phi) is 8.71. The summed E-state index contributed by atoms with van der Waals surface area (Å²) in [6, 6.07) is 1.86. The maximum Gasteiger partial charge on any atom is 0.431 e. The summed E-state index contributed by atoms with van der Waals surface area (Å²) >= 11 is 12.0. The van der Waals surface area contributed by atoms with E-state index >= 15 is 4.39 Å². The molecule has 0 aliphatic carbocycles. The molecule has 0 bridgehead atoms. The van der Waals surface area contributed by atoms with Crippen molar-refractivity contribution in [2.24, 2.45) is 0 Å². The van der Waals surface area contributed by atoms with E-state index in [1.165, 1.54) is 6.08 Å². The lowest BCUT2D eigenvalue weighted by Gasteiger charge is -2.45. The van der Waals surface area contributed by atoms with Gasteiger partial charge >= 0.3 is 6.18 Å². The number of anilines is 3. The molecule has 0 radical (unpaired) electrons. The normalized spacial score (nSPS) is 16.2. The maximum atomic E-state index is 15.3. The number of nitrogens with two attached hydrogens (primary N) is 1. The van der Waals surface area contributed by atoms with Crippen molar-refractivity contribution in [2.45, 2.75) is 26.1 Å². The van der Waals surface area contributed by atoms with Crippen LogP contribution in [0, 0.1) is 5.82 Å². The highest BCUT2D eigenvalue weighted by atomic mass is 35.5. The van der Waals surface area contributed by atoms with Gasteiger partial charge in [-0.1, -0.05) is 43.6 Å². The molecule has 4 heterocycles. The van der Waals surface area contributed by atoms with E-state index in [0.29, 0.717) is 19.2 Å². The van der Waals surface area contributed by atoms with Gasteiger partial charge in [0.2, 0.25) is 11.9 Å². The zero-order chi connectivity index (χ0) is 32.1. The van der Waals surface area contributed by atoms with E-state index in [1.54, 1.807) is 9.80 Å². The number of hydrogen-bond donors (Lipinski definition) is 1. The van der Waals surface area contributed by atoms with E-state index < -0.39 is 39.6 Å². The number of rotatable bonds is 7. The Balaban J connectivity index is 1.74. The molecule has 2 aliphatic rings. The highest BCUT2D eigenvalue weighted by Gasteiger charge is 2.39. The first-order chi connectivity index (χ1) is 20.8. The Hall–Kier alpha value is -3.62. The minimum absolute atomic E-state index is 0.0920. The topological polar surface area (TPSA) is 104 Å². The molecule has 2 aromatic heterocycles. The zero-order valence-electron chi connectivity index (χ0n) is 24.0. The summed E-state index contributed by atoms with van der Waals surface area (Å²) in [5, 5.41) is -1.12. The van der Waals surface area contributed by atoms with E-state index in [2.05, 4.69) is 21.4 Å². The first-order valence-electron chi connectivity index (χ1n) is 13.9. The fraction of sp³-hybridized carbons (Fsp3) is 0.429. The molecule has 10 nitrogen and oxygen atoms in total. The summed E-state index contributed by atoms with van der Waals surface area (Å²) in [5.41, 5.74) is 1.26. The van der Waals surface area contributed by atoms with Gasteiger partial charge in [-0.15, -0.1) is 0 Å². The second kappa shape index (κ2) is 12.1. The standard InChI is InChI=1S/C28H30Cl2F4N8O2/c1-4-20(43)39-7-9-40(10-8-39)25-16-11-19(28(32,33)34)42(24-21(31)17(29)12-18(30)22(24)35)26(44)23(16)36-27(37-25)41-13-15(14-41)38(5-2)6-3/h4,11-12,15H,1,5-10,13-14,35H2,2-3H3. The van der Waals surface area contributed by atoms with Crippen molar-refractivity contribution in [2.75, 3.05) is 67.9 Å². The van der Waals surface area contributed by atoms with Crippen molar-refractivity contribution in [3.8, 4) is 5.69 Å². The van der Waals surface area contributed by atoms with Gasteiger partial charge in [0, 0.05) is 45.3 Å². The molecule has 0 atom stereocenters. The van der Waals surface area contributed by atoms with Gasteiger partial charge in [-0.05, 0) is 31.3 Å². The molecule has 16 heteroatoms. The largest absolute Gasteiger partial charge is 0.431 e. The number of nitrogens with zero attached hydrogens (tertiary/aromatic N) is 7. The zero-order valence-corrected chi connectivity index (χ0v) is 25.5. The van der Waals surface area contributed by atoms with Crippen LogP contribution >= 0.6 is 23.2 Å². The average molecular weight is 658 g/mol. The molecule has 5 rings (SSSR count). The lowest BCUT2D eigenvalue weighted by molar-refractivity contribution is -0.142. The van der Waals surface area contributed by atoms with E-state index in [9.17, 15) is 22.8 Å². The number of hydrogen-bond acceptors (Lipinski definition) is 8. The highest BCUT2D eigenvalue weighted by molar-refractivity contribution is 6.37. The molecule has 0 saturated carbocycles. The molecule has 2 saturated heterocycles. The van der Waals surface area contributed by atoms with Gasteiger partial charge in [0.05, 0.1) is 21.1 Å². The maximum absolute atomic E-state index is 15.3. The van der Waals surface area contributed by atoms with Crippen LogP contribution in [0.5, 0.6) is 0 Å². The van der Waals surface area contributed by atoms with E-state index in [0.717, 1.165) is 19.2 Å². The number of carbonyl (C=O) groups is 1. The number of piperazine rings is 1. The van der Waals surface area contributed by atoms with Crippen LogP contribution in [0.15, 0.2) is 29.6 Å². The number of amides is 1. The smallest absolute Gasteiger partial charge is 0.396 e. The van der Waals surface area contributed by atoms with Crippen LogP contribution in [0.4, 0.5) is 35.0 Å². The average Bonchev–Trinajstić information content (AvgIpc) is 2.97. The van der Waals surface area contributed by atoms with Crippen LogP contribution in [0.1, 0.15) is 19.5 Å². The Bertz CT molecular complexity index is 1660. The number of fused-ring (bicyclic) bond motifs is 1. The predicted octanol–water partition coefficient (Wildman–Crippen LogP) is 4.19. The van der Waals surface area contributed by atoms with Crippen molar-refractivity contribution < 1.29 is 22.4 Å². The van der Waals surface area contributed by atoms with Gasteiger partial charge in [-0.25, -0.2) is 9.37 Å². The second-order valence-corrected chi connectivity index (χ2v) is 11.3. The minimum atomic E-state index is -5.14. The lowest BCUT2D eigenvalue weighted by atomic mass is 10.1. The van der Waals surface area contributed by atoms with Crippen molar-refractivity contribution in [1.82, 2.24) is 24.3 Å². The minimum Gasteiger partial charge on any atom is -0.396 e. The monoisotopic (exact) mass is 656 g/mol. The molecular weight excluding hydrogens is 627 g/mol. The van der Waals surface area contributed by atoms with Gasteiger partial charge < -0.3 is 20.4 Å². The first-order valence-corrected chi connectivity index (χ1v) is 14.7. The van der Waals surface area contributed by atoms with Crippen LogP contribution in [0.25, 0.3) is 16.6 Å². The van der Waals surface area contributed by atoms with Crippen LogP contribution in [0.2, 0.25) is 10.0 Å². The molecule has 0 spiro atoms. The molecule has 236 valence electrons. The van der Waals surface area contributed by atoms with Gasteiger partial charge in [0.15, 0.2) is 5.82 Å². The fourth-order valence-electron chi connectivity index (χ4n) is 5.64. The summed E-state index contributed by atoms with van der Waals surface area (Å²) in [5.74, 6) is -1.39. The third-order valence-electron chi connectivity index (χ3n) is 8.08. The Morgan fingerprint density at radius 2 is 1.73 bits per heavy atom. The number of aromatic nitrogens is 3. The van der Waals surface area contributed by atoms with Crippen LogP contribution in [0.3, 0.4) is 0 Å². The summed E-state index contributed by atoms with van der Waals surface area (Å²) in [6.07, 6.45) is -3.95. The van der Waals surface area contributed by atoms with E-state index in [1.807, 2.05) is 18.7 Å². The molecule has 1 aromatic carbocycles. The molecule has 44 heavy (non-hydrogen) atoms. The summed E-state index contributed by atoms with van der Waals surface area (Å²) in [7, 11) is 0. The molecule has 3 aromatic rings. The van der Waals surface area contributed by atoms with E-state index in [4.69, 9.17) is 28.9 Å². The summed E-state index contributed by atoms with van der Waals surface area (Å²) in [4.78, 5) is 42.6. The molecule has 1 amide bonds. The fourth-order valence-corrected chi connectivity index (χ4v) is 6.10. The number of nitrogen functional groups attached to an aromatic ring is 1. The lowest BCUT2D eigenvalue weighted by Crippen LogP contribution is -2.60.